The predicted molar refractivity (Wildman–Crippen MR) is 239 cm³/mol. The van der Waals surface area contributed by atoms with Crippen molar-refractivity contribution in [2.24, 2.45) is 0 Å². The third-order valence-electron chi connectivity index (χ3n) is 10.9. The van der Waals surface area contributed by atoms with E-state index in [9.17, 15) is 46.7 Å². The van der Waals surface area contributed by atoms with Crippen LogP contribution in [0.25, 0.3) is 0 Å². The van der Waals surface area contributed by atoms with E-state index in [1.54, 1.807) is 78.1 Å². The van der Waals surface area contributed by atoms with Gasteiger partial charge in [-0.2, -0.15) is 13.2 Å². The molecule has 5 rings (SSSR count). The van der Waals surface area contributed by atoms with Gasteiger partial charge in [0, 0.05) is 34.6 Å². The van der Waals surface area contributed by atoms with Gasteiger partial charge in [0.05, 0.1) is 46.5 Å². The molecule has 398 valence electrons. The zero-order chi connectivity index (χ0) is 53.5. The van der Waals surface area contributed by atoms with E-state index in [-0.39, 0.29) is 25.6 Å². The highest BCUT2D eigenvalue weighted by molar-refractivity contribution is 5.82. The molecule has 0 bridgehead atoms. The highest BCUT2D eigenvalue weighted by Gasteiger charge is 2.63. The summed E-state index contributed by atoms with van der Waals surface area (Å²) in [5.74, 6) is -12.0. The van der Waals surface area contributed by atoms with Gasteiger partial charge in [0.2, 0.25) is 6.29 Å². The summed E-state index contributed by atoms with van der Waals surface area (Å²) >= 11 is 0. The summed E-state index contributed by atoms with van der Waals surface area (Å²) in [4.78, 5) is 91.4. The first kappa shape index (κ1) is 57.0. The zero-order valence-electron chi connectivity index (χ0n) is 40.7. The van der Waals surface area contributed by atoms with Gasteiger partial charge in [0.15, 0.2) is 24.4 Å². The Morgan fingerprint density at radius 2 is 1.30 bits per heavy atom. The van der Waals surface area contributed by atoms with E-state index < -0.39 is 128 Å². The Balaban J connectivity index is 1.77. The van der Waals surface area contributed by atoms with Crippen molar-refractivity contribution in [3.8, 4) is 11.5 Å². The maximum Gasteiger partial charge on any atom is 0.471 e. The molecule has 3 aromatic rings. The van der Waals surface area contributed by atoms with Gasteiger partial charge >= 0.3 is 47.9 Å². The lowest BCUT2D eigenvalue weighted by molar-refractivity contribution is -0.369. The second-order valence-corrected chi connectivity index (χ2v) is 16.5. The van der Waals surface area contributed by atoms with Gasteiger partial charge in [-0.1, -0.05) is 60.7 Å². The van der Waals surface area contributed by atoms with Crippen LogP contribution in [0.4, 0.5) is 13.2 Å². The van der Waals surface area contributed by atoms with E-state index >= 15 is 0 Å². The molecule has 2 saturated heterocycles. The summed E-state index contributed by atoms with van der Waals surface area (Å²) in [6, 6.07) is 21.4. The maximum atomic E-state index is 14.7. The van der Waals surface area contributed by atoms with Crippen LogP contribution in [0.15, 0.2) is 84.9 Å². The lowest BCUT2D eigenvalue weighted by Gasteiger charge is -2.52. The summed E-state index contributed by atoms with van der Waals surface area (Å²) in [6.45, 7) is 2.99. The lowest BCUT2D eigenvalue weighted by Crippen LogP contribution is -2.72. The third-order valence-corrected chi connectivity index (χ3v) is 10.9. The van der Waals surface area contributed by atoms with Crippen LogP contribution in [0.2, 0.25) is 0 Å². The molecule has 0 saturated carbocycles. The largest absolute Gasteiger partial charge is 0.497 e. The molecule has 2 aliphatic rings. The van der Waals surface area contributed by atoms with Crippen molar-refractivity contribution in [1.82, 2.24) is 5.32 Å². The Hall–Kier alpha value is -6.86. The fourth-order valence-corrected chi connectivity index (χ4v) is 7.91. The molecule has 0 radical (unpaired) electrons. The fraction of sp³-hybridized carbons (Fsp3) is 0.490. The third kappa shape index (κ3) is 16.3. The molecule has 2 fully saturated rings. The van der Waals surface area contributed by atoms with E-state index in [2.05, 4.69) is 0 Å². The smallest absolute Gasteiger partial charge is 0.471 e. The molecule has 0 aromatic heterocycles. The normalized spacial score (nSPS) is 24.6. The number of amides is 1. The van der Waals surface area contributed by atoms with E-state index in [0.717, 1.165) is 47.3 Å². The molecule has 2 heterocycles. The maximum absolute atomic E-state index is 14.7. The Kier molecular flexibility index (Phi) is 20.5. The SMILES string of the molecule is COC(=O)[C@@]1(O[C@H]2[C@@H](OC(C)=O)[C@@H](COCc3ccccc3)O[C@@H](Oc3ccc(OC)cc3)[C@@H]2OCc2ccccc2)C[C@H](OC(C)=O)[C@@H](NC(=O)C(F)(F)F)[C@H]([C@H](OC(C)=O)[C@@H](COC(C)=O)OC(C)=O)O1. The van der Waals surface area contributed by atoms with Crippen LogP contribution in [0.5, 0.6) is 11.5 Å². The Labute approximate surface area is 417 Å². The number of hydrogen-bond donors (Lipinski definition) is 1. The molecule has 2 aliphatic heterocycles. The first-order chi connectivity index (χ1) is 34.6. The fourth-order valence-electron chi connectivity index (χ4n) is 7.91. The van der Waals surface area contributed by atoms with Crippen LogP contribution >= 0.6 is 0 Å². The molecule has 1 amide bonds. The van der Waals surface area contributed by atoms with Crippen LogP contribution in [-0.4, -0.2) is 142 Å². The molecule has 3 aromatic carbocycles. The van der Waals surface area contributed by atoms with Crippen LogP contribution in [0, 0.1) is 0 Å². The Morgan fingerprint density at radius 3 is 1.84 bits per heavy atom. The molecule has 0 unspecified atom stereocenters. The topological polar surface area (TPSA) is 252 Å². The van der Waals surface area contributed by atoms with Crippen molar-refractivity contribution >= 4 is 41.7 Å². The van der Waals surface area contributed by atoms with E-state index in [0.29, 0.717) is 11.3 Å². The van der Waals surface area contributed by atoms with Gasteiger partial charge < -0.3 is 66.9 Å². The van der Waals surface area contributed by atoms with E-state index in [1.807, 2.05) is 0 Å². The number of benzene rings is 3. The van der Waals surface area contributed by atoms with Gasteiger partial charge in [-0.05, 0) is 35.4 Å². The standard InChI is InChI=1S/C49H56F3NO20/c1-27(54)64-26-38(67-29(3)56)40(68-30(4)57)42-39(53-46(59)49(50,51)52)36(66-28(2)55)22-48(72-42,47(60)62-7)73-43-41(69-31(5)58)37(25-63-23-32-14-10-8-11-15-32)71-45(70-35-20-18-34(61-6)19-21-35)44(43)65-24-33-16-12-9-13-17-33/h8-21,36-45H,22-26H2,1-7H3,(H,53,59)/t36-,37+,38+,39+,40+,41-,42+,43-,44+,45+,48-/m0/s1. The van der Waals surface area contributed by atoms with Crippen molar-refractivity contribution in [1.29, 1.82) is 0 Å². The minimum atomic E-state index is -5.62. The van der Waals surface area contributed by atoms with Crippen LogP contribution in [-0.2, 0) is 98.9 Å². The summed E-state index contributed by atoms with van der Waals surface area (Å²) in [5, 5.41) is 1.68. The quantitative estimate of drug-likeness (QED) is 0.110. The number of nitrogens with one attached hydrogen (secondary N) is 1. The van der Waals surface area contributed by atoms with Gasteiger partial charge in [-0.3, -0.25) is 28.8 Å². The molecule has 11 atom stereocenters. The number of methoxy groups -OCH3 is 2. The van der Waals surface area contributed by atoms with Gasteiger partial charge in [-0.15, -0.1) is 0 Å². The van der Waals surface area contributed by atoms with Gasteiger partial charge in [0.25, 0.3) is 5.79 Å². The summed E-state index contributed by atoms with van der Waals surface area (Å²) in [7, 11) is 2.31. The van der Waals surface area contributed by atoms with Crippen molar-refractivity contribution in [3.05, 3.63) is 96.1 Å². The predicted octanol–water partition coefficient (Wildman–Crippen LogP) is 3.98. The minimum absolute atomic E-state index is 0.00265. The first-order valence-electron chi connectivity index (χ1n) is 22.5. The molecule has 0 spiro atoms. The summed E-state index contributed by atoms with van der Waals surface area (Å²) in [5.41, 5.74) is 1.30. The van der Waals surface area contributed by atoms with Crippen LogP contribution in [0.1, 0.15) is 52.2 Å². The molecule has 73 heavy (non-hydrogen) atoms. The second kappa shape index (κ2) is 26.2. The highest BCUT2D eigenvalue weighted by atomic mass is 19.4. The number of rotatable bonds is 22. The number of alkyl halides is 3. The number of hydrogen-bond acceptors (Lipinski definition) is 20. The Bertz CT molecular complexity index is 2340. The first-order valence-corrected chi connectivity index (χ1v) is 22.5. The van der Waals surface area contributed by atoms with Crippen LogP contribution in [0.3, 0.4) is 0 Å². The van der Waals surface area contributed by atoms with E-state index in [4.69, 9.17) is 61.6 Å². The van der Waals surface area contributed by atoms with Crippen molar-refractivity contribution in [2.45, 2.75) is 127 Å². The monoisotopic (exact) mass is 1040 g/mol. The van der Waals surface area contributed by atoms with Crippen LogP contribution < -0.4 is 14.8 Å². The Morgan fingerprint density at radius 1 is 0.712 bits per heavy atom. The van der Waals surface area contributed by atoms with Gasteiger partial charge in [0.1, 0.15) is 42.5 Å². The van der Waals surface area contributed by atoms with Crippen molar-refractivity contribution < 1.29 is 108 Å². The number of halogens is 3. The molecular formula is C49H56F3NO20. The number of esters is 6. The highest BCUT2D eigenvalue weighted by Crippen LogP contribution is 2.42. The average Bonchev–Trinajstić information content (AvgIpc) is 3.33. The molecule has 1 N–H and O–H groups in total. The average molecular weight is 1040 g/mol. The minimum Gasteiger partial charge on any atom is -0.497 e. The van der Waals surface area contributed by atoms with Crippen molar-refractivity contribution in [2.75, 3.05) is 27.4 Å². The van der Waals surface area contributed by atoms with Gasteiger partial charge in [-0.25, -0.2) is 4.79 Å². The molecule has 24 heteroatoms. The summed E-state index contributed by atoms with van der Waals surface area (Å²) < 4.78 is 119. The number of carbonyl (C=O) groups is 7. The van der Waals surface area contributed by atoms with E-state index in [1.165, 1.54) is 19.2 Å². The molecule has 21 nitrogen and oxygen atoms in total. The number of carbonyl (C=O) groups excluding carboxylic acids is 7. The number of ether oxygens (including phenoxy) is 13. The zero-order valence-corrected chi connectivity index (χ0v) is 40.7. The second-order valence-electron chi connectivity index (χ2n) is 16.5. The molecule has 0 aliphatic carbocycles. The lowest BCUT2D eigenvalue weighted by atomic mass is 9.87. The molecular weight excluding hydrogens is 980 g/mol. The van der Waals surface area contributed by atoms with Crippen molar-refractivity contribution in [3.63, 3.8) is 0 Å². The summed E-state index contributed by atoms with van der Waals surface area (Å²) in [6.07, 6.45) is -23.7.